The number of aryl methyl sites for hydroxylation is 1. The summed E-state index contributed by atoms with van der Waals surface area (Å²) in [7, 11) is 1.96. The highest BCUT2D eigenvalue weighted by Gasteiger charge is 2.19. The second-order valence-electron chi connectivity index (χ2n) is 4.65. The third kappa shape index (κ3) is 2.78. The van der Waals surface area contributed by atoms with Crippen LogP contribution in [0.25, 0.3) is 0 Å². The summed E-state index contributed by atoms with van der Waals surface area (Å²) in [6.07, 6.45) is 8.89. The third-order valence-electron chi connectivity index (χ3n) is 3.35. The SMILES string of the molecule is Cn1ncnc1CC1CCCCC(N)C1. The van der Waals surface area contributed by atoms with Crippen LogP contribution in [0.15, 0.2) is 6.33 Å². The minimum absolute atomic E-state index is 0.394. The van der Waals surface area contributed by atoms with Crippen molar-refractivity contribution in [3.05, 3.63) is 12.2 Å². The maximum atomic E-state index is 6.05. The fraction of sp³-hybridized carbons (Fsp3) is 0.818. The number of hydrogen-bond acceptors (Lipinski definition) is 3. The van der Waals surface area contributed by atoms with Crippen molar-refractivity contribution in [3.63, 3.8) is 0 Å². The molecular formula is C11H20N4. The lowest BCUT2D eigenvalue weighted by Crippen LogP contribution is -2.23. The van der Waals surface area contributed by atoms with Crippen molar-refractivity contribution in [3.8, 4) is 0 Å². The molecule has 0 spiro atoms. The van der Waals surface area contributed by atoms with Gasteiger partial charge in [0, 0.05) is 19.5 Å². The van der Waals surface area contributed by atoms with Gasteiger partial charge in [-0.3, -0.25) is 4.68 Å². The van der Waals surface area contributed by atoms with Gasteiger partial charge in [0.2, 0.25) is 0 Å². The number of hydrogen-bond donors (Lipinski definition) is 1. The van der Waals surface area contributed by atoms with Crippen molar-refractivity contribution in [2.75, 3.05) is 0 Å². The molecule has 84 valence electrons. The average molecular weight is 208 g/mol. The fourth-order valence-corrected chi connectivity index (χ4v) is 2.45. The predicted molar refractivity (Wildman–Crippen MR) is 59.3 cm³/mol. The zero-order valence-corrected chi connectivity index (χ0v) is 9.39. The first-order valence-electron chi connectivity index (χ1n) is 5.84. The lowest BCUT2D eigenvalue weighted by Gasteiger charge is -2.16. The molecule has 1 aromatic rings. The van der Waals surface area contributed by atoms with Gasteiger partial charge in [0.1, 0.15) is 12.2 Å². The Bertz CT molecular complexity index is 307. The molecule has 2 rings (SSSR count). The topological polar surface area (TPSA) is 56.7 Å². The van der Waals surface area contributed by atoms with Gasteiger partial charge in [-0.15, -0.1) is 0 Å². The van der Waals surface area contributed by atoms with Gasteiger partial charge < -0.3 is 5.73 Å². The lowest BCUT2D eigenvalue weighted by molar-refractivity contribution is 0.416. The Labute approximate surface area is 90.9 Å². The Kier molecular flexibility index (Phi) is 3.36. The second-order valence-corrected chi connectivity index (χ2v) is 4.65. The molecular weight excluding hydrogens is 188 g/mol. The molecule has 0 radical (unpaired) electrons. The van der Waals surface area contributed by atoms with E-state index in [0.29, 0.717) is 12.0 Å². The number of nitrogens with zero attached hydrogens (tertiary/aromatic N) is 3. The van der Waals surface area contributed by atoms with Gasteiger partial charge in [-0.1, -0.05) is 12.8 Å². The van der Waals surface area contributed by atoms with E-state index in [9.17, 15) is 0 Å². The van der Waals surface area contributed by atoms with E-state index in [4.69, 9.17) is 5.73 Å². The van der Waals surface area contributed by atoms with Gasteiger partial charge in [-0.25, -0.2) is 4.98 Å². The molecule has 2 unspecified atom stereocenters. The number of nitrogens with two attached hydrogens (primary N) is 1. The van der Waals surface area contributed by atoms with E-state index in [2.05, 4.69) is 10.1 Å². The normalized spacial score (nSPS) is 27.6. The molecule has 1 heterocycles. The highest BCUT2D eigenvalue weighted by molar-refractivity contribution is 4.88. The first-order valence-corrected chi connectivity index (χ1v) is 5.84. The summed E-state index contributed by atoms with van der Waals surface area (Å²) in [6.45, 7) is 0. The Balaban J connectivity index is 1.96. The van der Waals surface area contributed by atoms with Crippen LogP contribution in [0.4, 0.5) is 0 Å². The van der Waals surface area contributed by atoms with Gasteiger partial charge >= 0.3 is 0 Å². The minimum atomic E-state index is 0.394. The van der Waals surface area contributed by atoms with Gasteiger partial charge in [0.05, 0.1) is 0 Å². The molecule has 1 fully saturated rings. The van der Waals surface area contributed by atoms with E-state index in [-0.39, 0.29) is 0 Å². The zero-order chi connectivity index (χ0) is 10.7. The molecule has 0 saturated heterocycles. The molecule has 4 nitrogen and oxygen atoms in total. The molecule has 1 aromatic heterocycles. The highest BCUT2D eigenvalue weighted by atomic mass is 15.3. The second kappa shape index (κ2) is 4.75. The highest BCUT2D eigenvalue weighted by Crippen LogP contribution is 2.24. The van der Waals surface area contributed by atoms with E-state index in [1.54, 1.807) is 6.33 Å². The Hall–Kier alpha value is -0.900. The van der Waals surface area contributed by atoms with Gasteiger partial charge in [0.15, 0.2) is 0 Å². The molecule has 0 bridgehead atoms. The van der Waals surface area contributed by atoms with Crippen LogP contribution in [-0.4, -0.2) is 20.8 Å². The molecule has 4 heteroatoms. The average Bonchev–Trinajstić information content (AvgIpc) is 2.48. The quantitative estimate of drug-likeness (QED) is 0.744. The fourth-order valence-electron chi connectivity index (χ4n) is 2.45. The summed E-state index contributed by atoms with van der Waals surface area (Å²) in [5.74, 6) is 1.79. The maximum Gasteiger partial charge on any atom is 0.138 e. The molecule has 1 saturated carbocycles. The largest absolute Gasteiger partial charge is 0.328 e. The van der Waals surface area contributed by atoms with Crippen molar-refractivity contribution < 1.29 is 0 Å². The minimum Gasteiger partial charge on any atom is -0.328 e. The van der Waals surface area contributed by atoms with Gasteiger partial charge in [-0.2, -0.15) is 5.10 Å². The summed E-state index contributed by atoms with van der Waals surface area (Å²) >= 11 is 0. The zero-order valence-electron chi connectivity index (χ0n) is 9.39. The lowest BCUT2D eigenvalue weighted by atomic mass is 9.94. The van der Waals surface area contributed by atoms with E-state index < -0.39 is 0 Å². The Morgan fingerprint density at radius 3 is 3.00 bits per heavy atom. The molecule has 0 aromatic carbocycles. The van der Waals surface area contributed by atoms with Crippen LogP contribution in [0, 0.1) is 5.92 Å². The third-order valence-corrected chi connectivity index (χ3v) is 3.35. The molecule has 1 aliphatic rings. The van der Waals surface area contributed by atoms with Crippen molar-refractivity contribution in [2.45, 2.75) is 44.6 Å². The van der Waals surface area contributed by atoms with Crippen LogP contribution in [0.1, 0.15) is 37.9 Å². The smallest absolute Gasteiger partial charge is 0.138 e. The van der Waals surface area contributed by atoms with Crippen LogP contribution < -0.4 is 5.73 Å². The van der Waals surface area contributed by atoms with Crippen LogP contribution in [0.5, 0.6) is 0 Å². The number of rotatable bonds is 2. The summed E-state index contributed by atoms with van der Waals surface area (Å²) in [5, 5.41) is 4.10. The Morgan fingerprint density at radius 2 is 2.27 bits per heavy atom. The predicted octanol–water partition coefficient (Wildman–Crippen LogP) is 1.27. The number of aromatic nitrogens is 3. The van der Waals surface area contributed by atoms with Gasteiger partial charge in [0.25, 0.3) is 0 Å². The first-order chi connectivity index (χ1) is 7.25. The standard InChI is InChI=1S/C11H20N4/c1-15-11(13-8-14-15)7-9-4-2-3-5-10(12)6-9/h8-10H,2-7,12H2,1H3. The van der Waals surface area contributed by atoms with Crippen LogP contribution in [0.2, 0.25) is 0 Å². The van der Waals surface area contributed by atoms with E-state index >= 15 is 0 Å². The van der Waals surface area contributed by atoms with Crippen molar-refractivity contribution in [1.82, 2.24) is 14.8 Å². The molecule has 15 heavy (non-hydrogen) atoms. The van der Waals surface area contributed by atoms with E-state index in [1.807, 2.05) is 11.7 Å². The first kappa shape index (κ1) is 10.6. The summed E-state index contributed by atoms with van der Waals surface area (Å²) < 4.78 is 1.87. The maximum absolute atomic E-state index is 6.05. The molecule has 0 aliphatic heterocycles. The summed E-state index contributed by atoms with van der Waals surface area (Å²) in [4.78, 5) is 4.28. The van der Waals surface area contributed by atoms with Crippen LogP contribution in [0.3, 0.4) is 0 Å². The van der Waals surface area contributed by atoms with E-state index in [1.165, 1.54) is 25.7 Å². The summed E-state index contributed by atoms with van der Waals surface area (Å²) in [6, 6.07) is 0.394. The van der Waals surface area contributed by atoms with Gasteiger partial charge in [-0.05, 0) is 25.2 Å². The molecule has 0 amide bonds. The van der Waals surface area contributed by atoms with E-state index in [0.717, 1.165) is 18.7 Å². The van der Waals surface area contributed by atoms with Crippen molar-refractivity contribution >= 4 is 0 Å². The molecule has 2 atom stereocenters. The molecule has 1 aliphatic carbocycles. The van der Waals surface area contributed by atoms with Crippen molar-refractivity contribution in [2.24, 2.45) is 18.7 Å². The van der Waals surface area contributed by atoms with Crippen molar-refractivity contribution in [1.29, 1.82) is 0 Å². The van der Waals surface area contributed by atoms with Crippen LogP contribution >= 0.6 is 0 Å². The van der Waals surface area contributed by atoms with Crippen LogP contribution in [-0.2, 0) is 13.5 Å². The monoisotopic (exact) mass is 208 g/mol. The summed E-state index contributed by atoms with van der Waals surface area (Å²) in [5.41, 5.74) is 6.05. The Morgan fingerprint density at radius 1 is 1.47 bits per heavy atom. The molecule has 2 N–H and O–H groups in total.